The number of rotatable bonds is 3. The van der Waals surface area contributed by atoms with Crippen molar-refractivity contribution in [3.63, 3.8) is 0 Å². The van der Waals surface area contributed by atoms with E-state index in [-0.39, 0.29) is 0 Å². The average molecular weight is 272 g/mol. The second kappa shape index (κ2) is 5.36. The highest BCUT2D eigenvalue weighted by Crippen LogP contribution is 2.26. The van der Waals surface area contributed by atoms with Crippen LogP contribution in [0, 0.1) is 0 Å². The third-order valence-electron chi connectivity index (χ3n) is 3.82. The molecule has 1 aliphatic rings. The van der Waals surface area contributed by atoms with Gasteiger partial charge in [0.2, 0.25) is 0 Å². The Hall–Kier alpha value is -1.31. The van der Waals surface area contributed by atoms with Gasteiger partial charge in [-0.15, -0.1) is 0 Å². The molecular formula is C17H18ClN. The first-order valence-electron chi connectivity index (χ1n) is 6.82. The summed E-state index contributed by atoms with van der Waals surface area (Å²) in [5.74, 6) is 0. The number of benzene rings is 2. The van der Waals surface area contributed by atoms with E-state index in [2.05, 4.69) is 48.2 Å². The van der Waals surface area contributed by atoms with Gasteiger partial charge in [0.25, 0.3) is 0 Å². The fourth-order valence-corrected chi connectivity index (χ4v) is 2.90. The third-order valence-corrected chi connectivity index (χ3v) is 4.19. The maximum Gasteiger partial charge on any atom is 0.0451 e. The summed E-state index contributed by atoms with van der Waals surface area (Å²) in [5.41, 5.74) is 5.50. The lowest BCUT2D eigenvalue weighted by atomic mass is 10.1. The summed E-state index contributed by atoms with van der Waals surface area (Å²) in [5, 5.41) is 0.883. The van der Waals surface area contributed by atoms with E-state index in [9.17, 15) is 0 Å². The molecule has 98 valence electrons. The fraction of sp³-hybridized carbons (Fsp3) is 0.294. The predicted molar refractivity (Wildman–Crippen MR) is 80.2 cm³/mol. The molecule has 1 aliphatic heterocycles. The number of fused-ring (bicyclic) bond motifs is 1. The molecule has 0 amide bonds. The zero-order valence-corrected chi connectivity index (χ0v) is 12.0. The minimum Gasteiger partial charge on any atom is -0.291 e. The molecule has 0 atom stereocenters. The fourth-order valence-electron chi connectivity index (χ4n) is 2.73. The molecule has 0 bridgehead atoms. The van der Waals surface area contributed by atoms with E-state index >= 15 is 0 Å². The first kappa shape index (κ1) is 12.7. The van der Waals surface area contributed by atoms with Crippen LogP contribution in [0.1, 0.15) is 29.2 Å². The molecule has 2 heteroatoms. The monoisotopic (exact) mass is 271 g/mol. The standard InChI is InChI=1S/C17H18ClN/c1-2-13-7-8-17(18)16(9-13)12-19-10-14-5-3-4-6-15(14)11-19/h3-9H,2,10-12H2,1H3. The molecule has 0 radical (unpaired) electrons. The largest absolute Gasteiger partial charge is 0.291 e. The SMILES string of the molecule is CCc1ccc(Cl)c(CN2Cc3ccccc3C2)c1. The first-order chi connectivity index (χ1) is 9.26. The van der Waals surface area contributed by atoms with Gasteiger partial charge in [-0.3, -0.25) is 4.90 Å². The highest BCUT2D eigenvalue weighted by Gasteiger charge is 2.18. The summed E-state index contributed by atoms with van der Waals surface area (Å²) in [6.45, 7) is 5.17. The van der Waals surface area contributed by atoms with Gasteiger partial charge in [0.05, 0.1) is 0 Å². The van der Waals surface area contributed by atoms with E-state index in [4.69, 9.17) is 11.6 Å². The van der Waals surface area contributed by atoms with Crippen molar-refractivity contribution in [3.8, 4) is 0 Å². The smallest absolute Gasteiger partial charge is 0.0451 e. The maximum absolute atomic E-state index is 6.32. The lowest BCUT2D eigenvalue weighted by Gasteiger charge is -2.16. The van der Waals surface area contributed by atoms with Gasteiger partial charge in [0.1, 0.15) is 0 Å². The van der Waals surface area contributed by atoms with Crippen molar-refractivity contribution < 1.29 is 0 Å². The van der Waals surface area contributed by atoms with Crippen molar-refractivity contribution in [1.29, 1.82) is 0 Å². The Kier molecular flexibility index (Phi) is 3.58. The Morgan fingerprint density at radius 3 is 2.37 bits per heavy atom. The molecule has 2 aromatic rings. The summed E-state index contributed by atoms with van der Waals surface area (Å²) in [7, 11) is 0. The van der Waals surface area contributed by atoms with Gasteiger partial charge in [0, 0.05) is 24.7 Å². The van der Waals surface area contributed by atoms with E-state index in [1.807, 2.05) is 6.07 Å². The zero-order chi connectivity index (χ0) is 13.2. The number of aryl methyl sites for hydroxylation is 1. The molecule has 0 aliphatic carbocycles. The van der Waals surface area contributed by atoms with Crippen molar-refractivity contribution >= 4 is 11.6 Å². The molecule has 1 nitrogen and oxygen atoms in total. The first-order valence-corrected chi connectivity index (χ1v) is 7.20. The van der Waals surface area contributed by atoms with Crippen molar-refractivity contribution in [1.82, 2.24) is 4.90 Å². The minimum atomic E-state index is 0.883. The van der Waals surface area contributed by atoms with Gasteiger partial charge in [-0.2, -0.15) is 0 Å². The second-order valence-corrected chi connectivity index (χ2v) is 5.60. The topological polar surface area (TPSA) is 3.24 Å². The summed E-state index contributed by atoms with van der Waals surface area (Å²) >= 11 is 6.32. The van der Waals surface area contributed by atoms with Crippen LogP contribution in [0.3, 0.4) is 0 Å². The number of halogens is 1. The third kappa shape index (κ3) is 2.68. The van der Waals surface area contributed by atoms with E-state index in [0.29, 0.717) is 0 Å². The van der Waals surface area contributed by atoms with Crippen LogP contribution >= 0.6 is 11.6 Å². The Morgan fingerprint density at radius 1 is 1.05 bits per heavy atom. The van der Waals surface area contributed by atoms with Crippen LogP contribution in [-0.4, -0.2) is 4.90 Å². The van der Waals surface area contributed by atoms with Gasteiger partial charge in [-0.25, -0.2) is 0 Å². The lowest BCUT2D eigenvalue weighted by molar-refractivity contribution is 0.275. The van der Waals surface area contributed by atoms with Gasteiger partial charge in [-0.1, -0.05) is 54.9 Å². The molecular weight excluding hydrogens is 254 g/mol. The van der Waals surface area contributed by atoms with Crippen LogP contribution in [0.15, 0.2) is 42.5 Å². The maximum atomic E-state index is 6.32. The van der Waals surface area contributed by atoms with Crippen LogP contribution in [0.2, 0.25) is 5.02 Å². The van der Waals surface area contributed by atoms with Gasteiger partial charge in [0.15, 0.2) is 0 Å². The van der Waals surface area contributed by atoms with Crippen molar-refractivity contribution in [3.05, 3.63) is 69.7 Å². The quantitative estimate of drug-likeness (QED) is 0.799. The van der Waals surface area contributed by atoms with Crippen molar-refractivity contribution in [2.75, 3.05) is 0 Å². The average Bonchev–Trinajstić information content (AvgIpc) is 2.83. The molecule has 0 saturated heterocycles. The van der Waals surface area contributed by atoms with Gasteiger partial charge in [-0.05, 0) is 34.7 Å². The van der Waals surface area contributed by atoms with Crippen LogP contribution in [-0.2, 0) is 26.1 Å². The lowest BCUT2D eigenvalue weighted by Crippen LogP contribution is -2.16. The highest BCUT2D eigenvalue weighted by atomic mass is 35.5. The van der Waals surface area contributed by atoms with E-state index in [0.717, 1.165) is 31.1 Å². The van der Waals surface area contributed by atoms with Crippen LogP contribution in [0.4, 0.5) is 0 Å². The number of hydrogen-bond donors (Lipinski definition) is 0. The predicted octanol–water partition coefficient (Wildman–Crippen LogP) is 4.42. The van der Waals surface area contributed by atoms with Crippen LogP contribution in [0.5, 0.6) is 0 Å². The zero-order valence-electron chi connectivity index (χ0n) is 11.2. The summed E-state index contributed by atoms with van der Waals surface area (Å²) in [4.78, 5) is 2.45. The molecule has 0 aromatic heterocycles. The molecule has 2 aromatic carbocycles. The number of nitrogens with zero attached hydrogens (tertiary/aromatic N) is 1. The molecule has 0 spiro atoms. The van der Waals surface area contributed by atoms with Crippen molar-refractivity contribution in [2.45, 2.75) is 33.0 Å². The van der Waals surface area contributed by atoms with E-state index in [1.54, 1.807) is 0 Å². The Morgan fingerprint density at radius 2 is 1.74 bits per heavy atom. The highest BCUT2D eigenvalue weighted by molar-refractivity contribution is 6.31. The molecule has 1 heterocycles. The van der Waals surface area contributed by atoms with Gasteiger partial charge < -0.3 is 0 Å². The molecule has 19 heavy (non-hydrogen) atoms. The second-order valence-electron chi connectivity index (χ2n) is 5.19. The minimum absolute atomic E-state index is 0.883. The van der Waals surface area contributed by atoms with E-state index in [1.165, 1.54) is 22.3 Å². The molecule has 3 rings (SSSR count). The van der Waals surface area contributed by atoms with E-state index < -0.39 is 0 Å². The Balaban J connectivity index is 1.77. The Bertz CT molecular complexity index is 567. The van der Waals surface area contributed by atoms with Gasteiger partial charge >= 0.3 is 0 Å². The normalized spacial score (nSPS) is 14.6. The van der Waals surface area contributed by atoms with Crippen LogP contribution < -0.4 is 0 Å². The summed E-state index contributed by atoms with van der Waals surface area (Å²) in [6, 6.07) is 15.1. The van der Waals surface area contributed by atoms with Crippen LogP contribution in [0.25, 0.3) is 0 Å². The molecule has 0 saturated carbocycles. The van der Waals surface area contributed by atoms with Crippen molar-refractivity contribution in [2.24, 2.45) is 0 Å². The molecule has 0 fully saturated rings. The molecule has 0 unspecified atom stereocenters. The number of hydrogen-bond acceptors (Lipinski definition) is 1. The summed E-state index contributed by atoms with van der Waals surface area (Å²) in [6.07, 6.45) is 1.06. The molecule has 0 N–H and O–H groups in total. The summed E-state index contributed by atoms with van der Waals surface area (Å²) < 4.78 is 0. The Labute approximate surface area is 119 Å².